The summed E-state index contributed by atoms with van der Waals surface area (Å²) in [5, 5.41) is 8.39. The number of rotatable bonds is 0. The van der Waals surface area contributed by atoms with Gasteiger partial charge in [0.25, 0.3) is 0 Å². The molecular formula is C16H8Cl2. The highest BCUT2D eigenvalue weighted by Crippen LogP contribution is 2.40. The molecule has 0 unspecified atom stereocenters. The SMILES string of the molecule is Clc1cc2ccc3cccc4ccc(c1Cl)c2c34. The van der Waals surface area contributed by atoms with Crippen LogP contribution in [-0.4, -0.2) is 0 Å². The minimum atomic E-state index is 0.613. The second kappa shape index (κ2) is 3.50. The van der Waals surface area contributed by atoms with Gasteiger partial charge in [-0.1, -0.05) is 65.7 Å². The third-order valence-electron chi connectivity index (χ3n) is 3.54. The zero-order chi connectivity index (χ0) is 12.3. The van der Waals surface area contributed by atoms with Crippen molar-refractivity contribution in [1.82, 2.24) is 0 Å². The number of benzene rings is 4. The summed E-state index contributed by atoms with van der Waals surface area (Å²) in [6, 6.07) is 16.7. The maximum absolute atomic E-state index is 6.32. The van der Waals surface area contributed by atoms with Crippen LogP contribution in [-0.2, 0) is 0 Å². The standard InChI is InChI=1S/C16H8Cl2/c17-13-8-11-5-4-9-2-1-3-10-6-7-12(16(13)18)15(11)14(9)10/h1-8H. The Hall–Kier alpha value is -1.50. The summed E-state index contributed by atoms with van der Waals surface area (Å²) >= 11 is 12.5. The van der Waals surface area contributed by atoms with E-state index in [9.17, 15) is 0 Å². The van der Waals surface area contributed by atoms with Gasteiger partial charge in [0.2, 0.25) is 0 Å². The molecule has 0 bridgehead atoms. The van der Waals surface area contributed by atoms with E-state index >= 15 is 0 Å². The van der Waals surface area contributed by atoms with Crippen LogP contribution in [0.1, 0.15) is 0 Å². The highest BCUT2D eigenvalue weighted by atomic mass is 35.5. The van der Waals surface area contributed by atoms with Crippen LogP contribution >= 0.6 is 23.2 Å². The van der Waals surface area contributed by atoms with Gasteiger partial charge >= 0.3 is 0 Å². The van der Waals surface area contributed by atoms with Gasteiger partial charge in [0.1, 0.15) is 0 Å². The molecule has 0 aliphatic heterocycles. The normalized spacial score (nSPS) is 11.9. The van der Waals surface area contributed by atoms with Crippen molar-refractivity contribution >= 4 is 55.5 Å². The van der Waals surface area contributed by atoms with E-state index in [0.717, 1.165) is 10.8 Å². The molecule has 0 aliphatic rings. The first kappa shape index (κ1) is 10.4. The lowest BCUT2D eigenvalue weighted by atomic mass is 9.94. The summed E-state index contributed by atoms with van der Waals surface area (Å²) in [4.78, 5) is 0. The first-order chi connectivity index (χ1) is 8.75. The molecule has 0 aromatic heterocycles. The Kier molecular flexibility index (Phi) is 2.03. The maximum Gasteiger partial charge on any atom is 0.0671 e. The highest BCUT2D eigenvalue weighted by Gasteiger charge is 2.12. The monoisotopic (exact) mass is 270 g/mol. The van der Waals surface area contributed by atoms with Crippen molar-refractivity contribution in [3.8, 4) is 0 Å². The third-order valence-corrected chi connectivity index (χ3v) is 4.34. The fourth-order valence-electron chi connectivity index (χ4n) is 2.74. The molecule has 4 aromatic rings. The minimum absolute atomic E-state index is 0.613. The number of halogens is 2. The largest absolute Gasteiger partial charge is 0.0827 e. The first-order valence-electron chi connectivity index (χ1n) is 5.77. The summed E-state index contributed by atoms with van der Waals surface area (Å²) in [5.74, 6) is 0. The smallest absolute Gasteiger partial charge is 0.0671 e. The average Bonchev–Trinajstić information content (AvgIpc) is 2.40. The van der Waals surface area contributed by atoms with Crippen LogP contribution in [0.15, 0.2) is 48.5 Å². The van der Waals surface area contributed by atoms with Crippen molar-refractivity contribution in [2.24, 2.45) is 0 Å². The molecular weight excluding hydrogens is 263 g/mol. The third kappa shape index (κ3) is 1.22. The van der Waals surface area contributed by atoms with Gasteiger partial charge in [0.05, 0.1) is 10.0 Å². The Bertz CT molecular complexity index is 878. The molecule has 0 heterocycles. The van der Waals surface area contributed by atoms with E-state index in [0.29, 0.717) is 10.0 Å². The van der Waals surface area contributed by atoms with E-state index in [4.69, 9.17) is 23.2 Å². The Morgan fingerprint density at radius 1 is 0.667 bits per heavy atom. The van der Waals surface area contributed by atoms with Gasteiger partial charge in [-0.05, 0) is 33.0 Å². The molecule has 0 amide bonds. The summed E-state index contributed by atoms with van der Waals surface area (Å²) in [5.41, 5.74) is 0. The minimum Gasteiger partial charge on any atom is -0.0827 e. The molecule has 4 aromatic carbocycles. The molecule has 18 heavy (non-hydrogen) atoms. The lowest BCUT2D eigenvalue weighted by molar-refractivity contribution is 1.78. The van der Waals surface area contributed by atoms with E-state index in [1.54, 1.807) is 0 Å². The van der Waals surface area contributed by atoms with Crippen LogP contribution in [0, 0.1) is 0 Å². The van der Waals surface area contributed by atoms with E-state index in [1.807, 2.05) is 6.07 Å². The lowest BCUT2D eigenvalue weighted by Gasteiger charge is -2.12. The Morgan fingerprint density at radius 3 is 2.11 bits per heavy atom. The molecule has 4 rings (SSSR count). The number of hydrogen-bond acceptors (Lipinski definition) is 0. The van der Waals surface area contributed by atoms with Gasteiger partial charge in [-0.15, -0.1) is 0 Å². The predicted octanol–water partition coefficient (Wildman–Crippen LogP) is 5.89. The highest BCUT2D eigenvalue weighted by molar-refractivity contribution is 6.47. The first-order valence-corrected chi connectivity index (χ1v) is 6.53. The van der Waals surface area contributed by atoms with Crippen LogP contribution in [0.3, 0.4) is 0 Å². The van der Waals surface area contributed by atoms with Crippen molar-refractivity contribution in [3.05, 3.63) is 58.6 Å². The predicted molar refractivity (Wildman–Crippen MR) is 80.2 cm³/mol. The van der Waals surface area contributed by atoms with Gasteiger partial charge in [0.15, 0.2) is 0 Å². The molecule has 0 atom stereocenters. The number of hydrogen-bond donors (Lipinski definition) is 0. The summed E-state index contributed by atoms with van der Waals surface area (Å²) in [6.07, 6.45) is 0. The van der Waals surface area contributed by atoms with E-state index in [2.05, 4.69) is 42.5 Å². The molecule has 0 fully saturated rings. The fraction of sp³-hybridized carbons (Fsp3) is 0. The molecule has 86 valence electrons. The van der Waals surface area contributed by atoms with Crippen molar-refractivity contribution in [2.75, 3.05) is 0 Å². The maximum atomic E-state index is 6.32. The molecule has 0 N–H and O–H groups in total. The van der Waals surface area contributed by atoms with Crippen LogP contribution < -0.4 is 0 Å². The van der Waals surface area contributed by atoms with E-state index < -0.39 is 0 Å². The Balaban J connectivity index is 2.46. The van der Waals surface area contributed by atoms with Gasteiger partial charge in [-0.25, -0.2) is 0 Å². The lowest BCUT2D eigenvalue weighted by Crippen LogP contribution is -1.84. The molecule has 0 nitrogen and oxygen atoms in total. The fourth-order valence-corrected chi connectivity index (χ4v) is 3.17. The zero-order valence-corrected chi connectivity index (χ0v) is 10.9. The van der Waals surface area contributed by atoms with Crippen molar-refractivity contribution in [3.63, 3.8) is 0 Å². The van der Waals surface area contributed by atoms with Crippen molar-refractivity contribution in [1.29, 1.82) is 0 Å². The molecule has 2 heteroatoms. The van der Waals surface area contributed by atoms with E-state index in [1.165, 1.54) is 21.5 Å². The Labute approximate surface area is 114 Å². The van der Waals surface area contributed by atoms with Crippen LogP contribution in [0.2, 0.25) is 10.0 Å². The molecule has 0 saturated heterocycles. The summed E-state index contributed by atoms with van der Waals surface area (Å²) in [7, 11) is 0. The second-order valence-corrected chi connectivity index (χ2v) is 5.31. The quantitative estimate of drug-likeness (QED) is 0.350. The van der Waals surface area contributed by atoms with E-state index in [-0.39, 0.29) is 0 Å². The summed E-state index contributed by atoms with van der Waals surface area (Å²) < 4.78 is 0. The van der Waals surface area contributed by atoms with Crippen molar-refractivity contribution in [2.45, 2.75) is 0 Å². The molecule has 0 spiro atoms. The zero-order valence-electron chi connectivity index (χ0n) is 9.37. The Morgan fingerprint density at radius 2 is 1.33 bits per heavy atom. The molecule has 0 radical (unpaired) electrons. The second-order valence-electron chi connectivity index (χ2n) is 4.53. The van der Waals surface area contributed by atoms with Gasteiger partial charge < -0.3 is 0 Å². The average molecular weight is 271 g/mol. The molecule has 0 saturated carbocycles. The van der Waals surface area contributed by atoms with Gasteiger partial charge in [-0.3, -0.25) is 0 Å². The van der Waals surface area contributed by atoms with Gasteiger partial charge in [-0.2, -0.15) is 0 Å². The van der Waals surface area contributed by atoms with Crippen LogP contribution in [0.4, 0.5) is 0 Å². The molecule has 0 aliphatic carbocycles. The van der Waals surface area contributed by atoms with Crippen molar-refractivity contribution < 1.29 is 0 Å². The summed E-state index contributed by atoms with van der Waals surface area (Å²) in [6.45, 7) is 0. The van der Waals surface area contributed by atoms with Crippen LogP contribution in [0.25, 0.3) is 32.3 Å². The van der Waals surface area contributed by atoms with Gasteiger partial charge in [0, 0.05) is 5.39 Å². The van der Waals surface area contributed by atoms with Crippen LogP contribution in [0.5, 0.6) is 0 Å². The topological polar surface area (TPSA) is 0 Å².